The Morgan fingerprint density at radius 2 is 1.88 bits per heavy atom. The smallest absolute Gasteiger partial charge is 0.255 e. The summed E-state index contributed by atoms with van der Waals surface area (Å²) in [6.45, 7) is 0. The maximum absolute atomic E-state index is 13.3. The van der Waals surface area contributed by atoms with Crippen molar-refractivity contribution in [3.05, 3.63) is 59.9 Å². The van der Waals surface area contributed by atoms with Gasteiger partial charge in [-0.2, -0.15) is 0 Å². The lowest BCUT2D eigenvalue weighted by atomic mass is 10.2. The average molecular weight is 231 g/mol. The summed E-state index contributed by atoms with van der Waals surface area (Å²) in [7, 11) is 0. The summed E-state index contributed by atoms with van der Waals surface area (Å²) in [4.78, 5) is 11.7. The van der Waals surface area contributed by atoms with Gasteiger partial charge in [0, 0.05) is 5.56 Å². The van der Waals surface area contributed by atoms with Gasteiger partial charge in [-0.05, 0) is 30.3 Å². The molecule has 86 valence electrons. The maximum Gasteiger partial charge on any atom is 0.255 e. The zero-order valence-corrected chi connectivity index (χ0v) is 8.85. The molecule has 0 fully saturated rings. The first-order chi connectivity index (χ1) is 8.16. The molecule has 0 spiro atoms. The third-order valence-corrected chi connectivity index (χ3v) is 2.23. The van der Waals surface area contributed by atoms with Crippen LogP contribution >= 0.6 is 0 Å². The molecule has 2 rings (SSSR count). The predicted molar refractivity (Wildman–Crippen MR) is 62.5 cm³/mol. The molecular formula is C13H10FNO2. The topological polar surface area (TPSA) is 49.3 Å². The second-order valence-corrected chi connectivity index (χ2v) is 3.48. The maximum atomic E-state index is 13.3. The number of benzene rings is 2. The van der Waals surface area contributed by atoms with E-state index in [1.807, 2.05) is 0 Å². The van der Waals surface area contributed by atoms with Crippen molar-refractivity contribution in [3.8, 4) is 5.75 Å². The summed E-state index contributed by atoms with van der Waals surface area (Å²) < 4.78 is 13.3. The lowest BCUT2D eigenvalue weighted by molar-refractivity contribution is 0.102. The number of hydrogen-bond acceptors (Lipinski definition) is 2. The van der Waals surface area contributed by atoms with Gasteiger partial charge in [0.2, 0.25) is 0 Å². The Bertz CT molecular complexity index is 555. The number of anilines is 1. The molecule has 1 amide bonds. The highest BCUT2D eigenvalue weighted by molar-refractivity contribution is 6.04. The van der Waals surface area contributed by atoms with Crippen molar-refractivity contribution in [1.82, 2.24) is 0 Å². The van der Waals surface area contributed by atoms with E-state index in [1.54, 1.807) is 18.2 Å². The second kappa shape index (κ2) is 4.65. The zero-order chi connectivity index (χ0) is 12.3. The van der Waals surface area contributed by atoms with Gasteiger partial charge in [0.1, 0.15) is 11.6 Å². The number of carbonyl (C=O) groups excluding carboxylic acids is 1. The van der Waals surface area contributed by atoms with Gasteiger partial charge in [-0.15, -0.1) is 0 Å². The van der Waals surface area contributed by atoms with E-state index in [0.29, 0.717) is 0 Å². The summed E-state index contributed by atoms with van der Waals surface area (Å²) in [6, 6.07) is 11.8. The average Bonchev–Trinajstić information content (AvgIpc) is 2.32. The summed E-state index contributed by atoms with van der Waals surface area (Å²) in [5.41, 5.74) is 0.383. The summed E-state index contributed by atoms with van der Waals surface area (Å²) in [6.07, 6.45) is 0. The zero-order valence-electron chi connectivity index (χ0n) is 8.85. The normalized spacial score (nSPS) is 9.94. The molecule has 4 heteroatoms. The van der Waals surface area contributed by atoms with Gasteiger partial charge in [-0.25, -0.2) is 4.39 Å². The predicted octanol–water partition coefficient (Wildman–Crippen LogP) is 2.78. The molecule has 17 heavy (non-hydrogen) atoms. The van der Waals surface area contributed by atoms with Crippen molar-refractivity contribution >= 4 is 11.6 Å². The van der Waals surface area contributed by atoms with Gasteiger partial charge in [0.25, 0.3) is 5.91 Å². The quantitative estimate of drug-likeness (QED) is 0.834. The van der Waals surface area contributed by atoms with Crippen LogP contribution in [0.2, 0.25) is 0 Å². The van der Waals surface area contributed by atoms with Crippen LogP contribution in [0.4, 0.5) is 10.1 Å². The Morgan fingerprint density at radius 1 is 1.12 bits per heavy atom. The summed E-state index contributed by atoms with van der Waals surface area (Å²) in [5.74, 6) is -0.974. The van der Waals surface area contributed by atoms with Crippen LogP contribution in [0.1, 0.15) is 10.4 Å². The number of amides is 1. The molecule has 0 heterocycles. The molecule has 0 aromatic heterocycles. The number of phenols is 1. The van der Waals surface area contributed by atoms with Gasteiger partial charge in [-0.3, -0.25) is 4.79 Å². The Kier molecular flexibility index (Phi) is 3.05. The highest BCUT2D eigenvalue weighted by atomic mass is 19.1. The molecule has 0 saturated carbocycles. The SMILES string of the molecule is O=C(Nc1ccccc1F)c1cccc(O)c1. The molecule has 0 aliphatic carbocycles. The largest absolute Gasteiger partial charge is 0.508 e. The van der Waals surface area contributed by atoms with Crippen molar-refractivity contribution in [2.45, 2.75) is 0 Å². The highest BCUT2D eigenvalue weighted by Crippen LogP contribution is 2.16. The minimum absolute atomic E-state index is 0.00816. The number of rotatable bonds is 2. The molecule has 0 unspecified atom stereocenters. The van der Waals surface area contributed by atoms with E-state index in [-0.39, 0.29) is 17.0 Å². The lowest BCUT2D eigenvalue weighted by Gasteiger charge is -2.06. The molecule has 3 nitrogen and oxygen atoms in total. The van der Waals surface area contributed by atoms with Crippen LogP contribution in [0.15, 0.2) is 48.5 Å². The monoisotopic (exact) mass is 231 g/mol. The van der Waals surface area contributed by atoms with E-state index in [2.05, 4.69) is 5.32 Å². The molecule has 0 aliphatic heterocycles. The number of carbonyl (C=O) groups is 1. The Hall–Kier alpha value is -2.36. The first kappa shape index (κ1) is 11.1. The number of aromatic hydroxyl groups is 1. The number of para-hydroxylation sites is 1. The van der Waals surface area contributed by atoms with Crippen LogP contribution in [0.5, 0.6) is 5.75 Å². The fraction of sp³-hybridized carbons (Fsp3) is 0. The third kappa shape index (κ3) is 2.60. The first-order valence-corrected chi connectivity index (χ1v) is 5.02. The van der Waals surface area contributed by atoms with Crippen LogP contribution < -0.4 is 5.32 Å². The van der Waals surface area contributed by atoms with Crippen molar-refractivity contribution < 1.29 is 14.3 Å². The third-order valence-electron chi connectivity index (χ3n) is 2.23. The molecule has 2 aromatic carbocycles. The van der Waals surface area contributed by atoms with Gasteiger partial charge in [0.15, 0.2) is 0 Å². The van der Waals surface area contributed by atoms with E-state index in [4.69, 9.17) is 0 Å². The standard InChI is InChI=1S/C13H10FNO2/c14-11-6-1-2-7-12(11)15-13(17)9-4-3-5-10(16)8-9/h1-8,16H,(H,15,17). The molecular weight excluding hydrogens is 221 g/mol. The van der Waals surface area contributed by atoms with Crippen LogP contribution in [0, 0.1) is 5.82 Å². The van der Waals surface area contributed by atoms with E-state index in [9.17, 15) is 14.3 Å². The molecule has 2 N–H and O–H groups in total. The van der Waals surface area contributed by atoms with Crippen molar-refractivity contribution in [2.24, 2.45) is 0 Å². The summed E-state index contributed by atoms with van der Waals surface area (Å²) in [5, 5.41) is 11.7. The van der Waals surface area contributed by atoms with Gasteiger partial charge < -0.3 is 10.4 Å². The first-order valence-electron chi connectivity index (χ1n) is 5.02. The molecule has 0 radical (unpaired) electrons. The van der Waals surface area contributed by atoms with Crippen LogP contribution in [-0.2, 0) is 0 Å². The fourth-order valence-electron chi connectivity index (χ4n) is 1.40. The summed E-state index contributed by atoms with van der Waals surface area (Å²) >= 11 is 0. The van der Waals surface area contributed by atoms with Crippen molar-refractivity contribution in [3.63, 3.8) is 0 Å². The Labute approximate surface area is 97.5 Å². The lowest BCUT2D eigenvalue weighted by Crippen LogP contribution is -2.12. The number of nitrogens with one attached hydrogen (secondary N) is 1. The molecule has 0 aliphatic rings. The molecule has 0 bridgehead atoms. The molecule has 0 atom stereocenters. The van der Waals surface area contributed by atoms with Crippen molar-refractivity contribution in [1.29, 1.82) is 0 Å². The van der Waals surface area contributed by atoms with E-state index in [1.165, 1.54) is 30.3 Å². The van der Waals surface area contributed by atoms with Crippen molar-refractivity contribution in [2.75, 3.05) is 5.32 Å². The van der Waals surface area contributed by atoms with Gasteiger partial charge in [0.05, 0.1) is 5.69 Å². The minimum atomic E-state index is -0.499. The highest BCUT2D eigenvalue weighted by Gasteiger charge is 2.08. The Morgan fingerprint density at radius 3 is 2.59 bits per heavy atom. The minimum Gasteiger partial charge on any atom is -0.508 e. The number of halogens is 1. The second-order valence-electron chi connectivity index (χ2n) is 3.48. The number of phenolic OH excluding ortho intramolecular Hbond substituents is 1. The van der Waals surface area contributed by atoms with E-state index in [0.717, 1.165) is 0 Å². The fourth-order valence-corrected chi connectivity index (χ4v) is 1.40. The van der Waals surface area contributed by atoms with Gasteiger partial charge in [-0.1, -0.05) is 18.2 Å². The molecule has 2 aromatic rings. The Balaban J connectivity index is 2.20. The van der Waals surface area contributed by atoms with E-state index < -0.39 is 11.7 Å². The van der Waals surface area contributed by atoms with Crippen LogP contribution in [-0.4, -0.2) is 11.0 Å². The van der Waals surface area contributed by atoms with Gasteiger partial charge >= 0.3 is 0 Å². The molecule has 0 saturated heterocycles. The van der Waals surface area contributed by atoms with E-state index >= 15 is 0 Å². The van der Waals surface area contributed by atoms with Crippen LogP contribution in [0.3, 0.4) is 0 Å². The number of hydrogen-bond donors (Lipinski definition) is 2. The van der Waals surface area contributed by atoms with Crippen LogP contribution in [0.25, 0.3) is 0 Å².